The van der Waals surface area contributed by atoms with Crippen molar-refractivity contribution in [2.75, 3.05) is 7.05 Å². The molecule has 1 fully saturated rings. The first-order chi connectivity index (χ1) is 7.66. The highest BCUT2D eigenvalue weighted by Crippen LogP contribution is 2.08. The molecule has 2 N–H and O–H groups in total. The summed E-state index contributed by atoms with van der Waals surface area (Å²) in [6, 6.07) is 10.3. The van der Waals surface area contributed by atoms with Gasteiger partial charge in [-0.25, -0.2) is 0 Å². The van der Waals surface area contributed by atoms with Gasteiger partial charge in [-0.3, -0.25) is 0 Å². The van der Waals surface area contributed by atoms with Crippen LogP contribution in [0.15, 0.2) is 30.3 Å². The Bertz CT molecular complexity index is 405. The van der Waals surface area contributed by atoms with Crippen LogP contribution in [0.5, 0.6) is 0 Å². The van der Waals surface area contributed by atoms with Crippen molar-refractivity contribution in [3.8, 4) is 0 Å². The Morgan fingerprint density at radius 1 is 1.25 bits per heavy atom. The standard InChI is InChI=1S/C11H13N3S2/c1-14-9(12-10(15)13-11(14)16)7-8-5-3-2-4-6-8/h2-6,9H,7H2,1H3,(H2,12,13,15,16). The van der Waals surface area contributed by atoms with Crippen LogP contribution in [0.3, 0.4) is 0 Å². The molecule has 0 amide bonds. The summed E-state index contributed by atoms with van der Waals surface area (Å²) < 4.78 is 0. The number of benzene rings is 1. The Morgan fingerprint density at radius 2 is 1.94 bits per heavy atom. The van der Waals surface area contributed by atoms with Crippen molar-refractivity contribution in [3.05, 3.63) is 35.9 Å². The molecule has 0 aromatic heterocycles. The van der Waals surface area contributed by atoms with Crippen molar-refractivity contribution < 1.29 is 0 Å². The van der Waals surface area contributed by atoms with Crippen LogP contribution in [-0.2, 0) is 6.42 Å². The molecule has 1 heterocycles. The van der Waals surface area contributed by atoms with Gasteiger partial charge in [0.25, 0.3) is 0 Å². The summed E-state index contributed by atoms with van der Waals surface area (Å²) in [6.07, 6.45) is 1.00. The maximum absolute atomic E-state index is 5.19. The fourth-order valence-corrected chi connectivity index (χ4v) is 2.16. The summed E-state index contributed by atoms with van der Waals surface area (Å²) in [4.78, 5) is 1.98. The smallest absolute Gasteiger partial charge is 0.176 e. The summed E-state index contributed by atoms with van der Waals surface area (Å²) in [5.74, 6) is 0. The van der Waals surface area contributed by atoms with Crippen molar-refractivity contribution >= 4 is 34.7 Å². The second kappa shape index (κ2) is 4.76. The molecule has 1 atom stereocenters. The molecule has 1 aliphatic rings. The predicted octanol–water partition coefficient (Wildman–Crippen LogP) is 1.25. The van der Waals surface area contributed by atoms with Gasteiger partial charge in [0, 0.05) is 13.5 Å². The minimum absolute atomic E-state index is 0.128. The minimum atomic E-state index is 0.128. The van der Waals surface area contributed by atoms with E-state index in [1.165, 1.54) is 5.56 Å². The van der Waals surface area contributed by atoms with Crippen molar-refractivity contribution in [1.29, 1.82) is 0 Å². The molecule has 1 unspecified atom stereocenters. The van der Waals surface area contributed by atoms with Crippen molar-refractivity contribution in [1.82, 2.24) is 15.5 Å². The fourth-order valence-electron chi connectivity index (χ4n) is 1.64. The number of hydrogen-bond donors (Lipinski definition) is 2. The van der Waals surface area contributed by atoms with Crippen molar-refractivity contribution in [2.24, 2.45) is 0 Å². The molecule has 0 radical (unpaired) electrons. The van der Waals surface area contributed by atoms with E-state index in [0.29, 0.717) is 10.2 Å². The van der Waals surface area contributed by atoms with E-state index in [0.717, 1.165) is 6.42 Å². The number of thiocarbonyl (C=S) groups is 2. The van der Waals surface area contributed by atoms with Crippen LogP contribution in [0.2, 0.25) is 0 Å². The summed E-state index contributed by atoms with van der Waals surface area (Å²) in [6.45, 7) is 0. The van der Waals surface area contributed by atoms with Gasteiger partial charge in [0.15, 0.2) is 10.2 Å². The Balaban J connectivity index is 2.09. The fraction of sp³-hybridized carbons (Fsp3) is 0.273. The highest BCUT2D eigenvalue weighted by atomic mass is 32.1. The van der Waals surface area contributed by atoms with E-state index < -0.39 is 0 Å². The van der Waals surface area contributed by atoms with Gasteiger partial charge in [0.05, 0.1) is 0 Å². The number of likely N-dealkylation sites (N-methyl/N-ethyl adjacent to an activating group) is 1. The van der Waals surface area contributed by atoms with Crippen LogP contribution in [-0.4, -0.2) is 28.3 Å². The summed E-state index contributed by atoms with van der Waals surface area (Å²) >= 11 is 10.3. The van der Waals surface area contributed by atoms with E-state index in [1.54, 1.807) is 0 Å². The Labute approximate surface area is 106 Å². The lowest BCUT2D eigenvalue weighted by molar-refractivity contribution is 0.326. The summed E-state index contributed by atoms with van der Waals surface area (Å²) in [7, 11) is 1.96. The number of nitrogens with zero attached hydrogens (tertiary/aromatic N) is 1. The quantitative estimate of drug-likeness (QED) is 0.772. The first-order valence-corrected chi connectivity index (χ1v) is 5.86. The van der Waals surface area contributed by atoms with E-state index in [9.17, 15) is 0 Å². The zero-order chi connectivity index (χ0) is 11.5. The molecule has 0 spiro atoms. The van der Waals surface area contributed by atoms with Crippen LogP contribution in [0.4, 0.5) is 0 Å². The van der Waals surface area contributed by atoms with Gasteiger partial charge >= 0.3 is 0 Å². The monoisotopic (exact) mass is 251 g/mol. The van der Waals surface area contributed by atoms with E-state index >= 15 is 0 Å². The van der Waals surface area contributed by atoms with Crippen LogP contribution in [0, 0.1) is 0 Å². The van der Waals surface area contributed by atoms with E-state index in [-0.39, 0.29) is 6.17 Å². The molecule has 1 aromatic rings. The lowest BCUT2D eigenvalue weighted by Crippen LogP contribution is -2.62. The third-order valence-corrected chi connectivity index (χ3v) is 3.19. The molecule has 3 nitrogen and oxygen atoms in total. The molecule has 1 aromatic carbocycles. The second-order valence-corrected chi connectivity index (χ2v) is 4.51. The highest BCUT2D eigenvalue weighted by Gasteiger charge is 2.23. The largest absolute Gasteiger partial charge is 0.342 e. The van der Waals surface area contributed by atoms with Crippen molar-refractivity contribution in [2.45, 2.75) is 12.6 Å². The van der Waals surface area contributed by atoms with Crippen molar-refractivity contribution in [3.63, 3.8) is 0 Å². The molecular formula is C11H13N3S2. The lowest BCUT2D eigenvalue weighted by Gasteiger charge is -2.36. The van der Waals surface area contributed by atoms with Gasteiger partial charge in [-0.2, -0.15) is 0 Å². The average molecular weight is 251 g/mol. The Kier molecular flexibility index (Phi) is 3.36. The van der Waals surface area contributed by atoms with Crippen LogP contribution in [0.25, 0.3) is 0 Å². The maximum Gasteiger partial charge on any atom is 0.176 e. The molecule has 16 heavy (non-hydrogen) atoms. The van der Waals surface area contributed by atoms with E-state index in [1.807, 2.05) is 30.1 Å². The average Bonchev–Trinajstić information content (AvgIpc) is 2.27. The van der Waals surface area contributed by atoms with Crippen LogP contribution >= 0.6 is 24.4 Å². The number of hydrogen-bond acceptors (Lipinski definition) is 2. The highest BCUT2D eigenvalue weighted by molar-refractivity contribution is 7.81. The zero-order valence-corrected chi connectivity index (χ0v) is 10.6. The Morgan fingerprint density at radius 3 is 2.62 bits per heavy atom. The molecule has 1 saturated heterocycles. The van der Waals surface area contributed by atoms with Gasteiger partial charge in [0.2, 0.25) is 0 Å². The zero-order valence-electron chi connectivity index (χ0n) is 8.93. The van der Waals surface area contributed by atoms with Crippen LogP contribution < -0.4 is 10.6 Å². The molecule has 0 saturated carbocycles. The summed E-state index contributed by atoms with van der Waals surface area (Å²) in [5, 5.41) is 7.40. The maximum atomic E-state index is 5.19. The second-order valence-electron chi connectivity index (χ2n) is 3.72. The Hall–Kier alpha value is -1.20. The van der Waals surface area contributed by atoms with Gasteiger partial charge in [-0.15, -0.1) is 0 Å². The molecule has 5 heteroatoms. The summed E-state index contributed by atoms with van der Waals surface area (Å²) in [5.41, 5.74) is 1.26. The number of rotatable bonds is 2. The first-order valence-electron chi connectivity index (χ1n) is 5.05. The van der Waals surface area contributed by atoms with Crippen LogP contribution in [0.1, 0.15) is 5.56 Å². The predicted molar refractivity (Wildman–Crippen MR) is 73.2 cm³/mol. The number of nitrogens with one attached hydrogen (secondary N) is 2. The minimum Gasteiger partial charge on any atom is -0.342 e. The van der Waals surface area contributed by atoms with Gasteiger partial charge < -0.3 is 15.5 Å². The molecule has 0 bridgehead atoms. The van der Waals surface area contributed by atoms with Gasteiger partial charge in [-0.1, -0.05) is 30.3 Å². The molecular weight excluding hydrogens is 238 g/mol. The molecule has 84 valence electrons. The normalized spacial score (nSPS) is 20.3. The third kappa shape index (κ3) is 2.48. The van der Waals surface area contributed by atoms with E-state index in [2.05, 4.69) is 22.8 Å². The van der Waals surface area contributed by atoms with Gasteiger partial charge in [0.1, 0.15) is 6.17 Å². The topological polar surface area (TPSA) is 27.3 Å². The van der Waals surface area contributed by atoms with Gasteiger partial charge in [-0.05, 0) is 30.0 Å². The molecule has 1 aliphatic heterocycles. The molecule has 2 rings (SSSR count). The molecule has 0 aliphatic carbocycles. The first kappa shape index (κ1) is 11.3. The van der Waals surface area contributed by atoms with E-state index in [4.69, 9.17) is 24.4 Å². The SMILES string of the molecule is CN1C(=S)NC(=S)NC1Cc1ccccc1. The third-order valence-electron chi connectivity index (χ3n) is 2.58. The lowest BCUT2D eigenvalue weighted by atomic mass is 10.1.